The fraction of sp³-hybridized carbons (Fsp3) is 0.243. The fourth-order valence-corrected chi connectivity index (χ4v) is 6.20. The summed E-state index contributed by atoms with van der Waals surface area (Å²) in [5, 5.41) is 6.95. The molecule has 1 atom stereocenters. The quantitative estimate of drug-likeness (QED) is 0.156. The van der Waals surface area contributed by atoms with E-state index < -0.39 is 0 Å². The number of hydrogen-bond donors (Lipinski definition) is 2. The Labute approximate surface area is 263 Å². The molecule has 0 aliphatic carbocycles. The molecule has 226 valence electrons. The Kier molecular flexibility index (Phi) is 9.50. The molecule has 4 aromatic carbocycles. The third kappa shape index (κ3) is 6.56. The lowest BCUT2D eigenvalue weighted by molar-refractivity contribution is -0.115. The van der Waals surface area contributed by atoms with E-state index in [0.29, 0.717) is 35.8 Å². The number of allylic oxidation sites excluding steroid dienone is 1. The molecule has 5 nitrogen and oxygen atoms in total. The van der Waals surface area contributed by atoms with Gasteiger partial charge in [-0.15, -0.1) is 0 Å². The molecule has 0 aromatic heterocycles. The van der Waals surface area contributed by atoms with E-state index >= 15 is 0 Å². The minimum atomic E-state index is -0.333. The van der Waals surface area contributed by atoms with E-state index in [4.69, 9.17) is 11.6 Å². The van der Waals surface area contributed by atoms with Crippen molar-refractivity contribution in [3.63, 3.8) is 0 Å². The second-order valence-corrected chi connectivity index (χ2v) is 11.6. The van der Waals surface area contributed by atoms with Gasteiger partial charge in [-0.3, -0.25) is 9.59 Å². The molecule has 0 radical (unpaired) electrons. The molecule has 0 spiro atoms. The van der Waals surface area contributed by atoms with Crippen molar-refractivity contribution in [1.82, 2.24) is 10.2 Å². The average molecular weight is 610 g/mol. The first-order valence-electron chi connectivity index (χ1n) is 14.9. The van der Waals surface area contributed by atoms with Gasteiger partial charge in [0.15, 0.2) is 0 Å². The van der Waals surface area contributed by atoms with Crippen LogP contribution in [-0.2, 0) is 4.79 Å². The Balaban J connectivity index is 1.53. The molecule has 0 bridgehead atoms. The standard InChI is InChI=1S/C37H37ClFN3O2/c1-5-41-34-18-23(2)32(35(36(43)40-4)24(3)25-12-14-31(39)15-13-25)21-33(34)27-9-6-10-28(19-27)37(44)42-17-16-29(22-42)26-8-7-11-30(38)20-26/h6-15,18-21,29,41H,5,16-17,22H2,1-4H3,(H,40,43)/b35-24-. The molecular formula is C37H37ClFN3O2. The van der Waals surface area contributed by atoms with Gasteiger partial charge in [-0.1, -0.05) is 48.0 Å². The van der Waals surface area contributed by atoms with Crippen molar-refractivity contribution < 1.29 is 14.0 Å². The monoisotopic (exact) mass is 609 g/mol. The van der Waals surface area contributed by atoms with Gasteiger partial charge in [-0.05, 0) is 109 Å². The predicted molar refractivity (Wildman–Crippen MR) is 178 cm³/mol. The fourth-order valence-electron chi connectivity index (χ4n) is 6.00. The molecule has 1 fully saturated rings. The molecule has 2 amide bonds. The van der Waals surface area contributed by atoms with Crippen LogP contribution in [0.4, 0.5) is 10.1 Å². The van der Waals surface area contributed by atoms with Crippen LogP contribution in [0.2, 0.25) is 5.02 Å². The minimum Gasteiger partial charge on any atom is -0.385 e. The van der Waals surface area contributed by atoms with Crippen LogP contribution in [0.3, 0.4) is 0 Å². The van der Waals surface area contributed by atoms with E-state index in [2.05, 4.69) is 16.7 Å². The molecule has 1 aliphatic rings. The van der Waals surface area contributed by atoms with Crippen molar-refractivity contribution in [1.29, 1.82) is 0 Å². The van der Waals surface area contributed by atoms with Crippen LogP contribution >= 0.6 is 11.6 Å². The normalized spacial score (nSPS) is 15.1. The van der Waals surface area contributed by atoms with Crippen LogP contribution in [0.15, 0.2) is 84.9 Å². The Hall–Kier alpha value is -4.42. The zero-order valence-electron chi connectivity index (χ0n) is 25.5. The highest BCUT2D eigenvalue weighted by molar-refractivity contribution is 6.30. The average Bonchev–Trinajstić information content (AvgIpc) is 3.53. The van der Waals surface area contributed by atoms with Crippen molar-refractivity contribution in [3.05, 3.63) is 124 Å². The molecule has 0 saturated carbocycles. The first kappa shape index (κ1) is 31.0. The number of benzene rings is 4. The minimum absolute atomic E-state index is 0.00758. The highest BCUT2D eigenvalue weighted by Gasteiger charge is 2.28. The number of rotatable bonds is 8. The van der Waals surface area contributed by atoms with E-state index in [1.807, 2.05) is 80.3 Å². The molecule has 44 heavy (non-hydrogen) atoms. The number of likely N-dealkylation sites (tertiary alicyclic amines) is 1. The third-order valence-corrected chi connectivity index (χ3v) is 8.56. The van der Waals surface area contributed by atoms with Crippen LogP contribution in [0.5, 0.6) is 0 Å². The molecular weight excluding hydrogens is 573 g/mol. The van der Waals surface area contributed by atoms with Gasteiger partial charge in [0.25, 0.3) is 11.8 Å². The molecule has 1 heterocycles. The summed E-state index contributed by atoms with van der Waals surface area (Å²) in [6.45, 7) is 7.91. The van der Waals surface area contributed by atoms with Gasteiger partial charge in [0.2, 0.25) is 0 Å². The molecule has 5 rings (SSSR count). The summed E-state index contributed by atoms with van der Waals surface area (Å²) in [5.41, 5.74) is 8.13. The number of carbonyl (C=O) groups excluding carboxylic acids is 2. The van der Waals surface area contributed by atoms with Gasteiger partial charge in [-0.2, -0.15) is 0 Å². The summed E-state index contributed by atoms with van der Waals surface area (Å²) < 4.78 is 13.7. The maximum absolute atomic E-state index is 13.7. The summed E-state index contributed by atoms with van der Waals surface area (Å²) in [4.78, 5) is 28.9. The van der Waals surface area contributed by atoms with Crippen LogP contribution in [0.1, 0.15) is 58.8 Å². The van der Waals surface area contributed by atoms with Crippen molar-refractivity contribution in [3.8, 4) is 11.1 Å². The highest BCUT2D eigenvalue weighted by Crippen LogP contribution is 2.37. The Morgan fingerprint density at radius 2 is 1.73 bits per heavy atom. The number of nitrogens with one attached hydrogen (secondary N) is 2. The largest absolute Gasteiger partial charge is 0.385 e. The molecule has 4 aromatic rings. The van der Waals surface area contributed by atoms with Crippen LogP contribution < -0.4 is 10.6 Å². The number of aryl methyl sites for hydroxylation is 1. The second-order valence-electron chi connectivity index (χ2n) is 11.2. The number of halogens is 2. The lowest BCUT2D eigenvalue weighted by Gasteiger charge is -2.20. The Bertz CT molecular complexity index is 1730. The summed E-state index contributed by atoms with van der Waals surface area (Å²) in [6.07, 6.45) is 0.889. The Morgan fingerprint density at radius 3 is 2.43 bits per heavy atom. The predicted octanol–water partition coefficient (Wildman–Crippen LogP) is 8.19. The maximum Gasteiger partial charge on any atom is 0.253 e. The van der Waals surface area contributed by atoms with Gasteiger partial charge >= 0.3 is 0 Å². The van der Waals surface area contributed by atoms with Gasteiger partial charge in [0, 0.05) is 54.4 Å². The van der Waals surface area contributed by atoms with E-state index in [0.717, 1.165) is 51.1 Å². The highest BCUT2D eigenvalue weighted by atomic mass is 35.5. The zero-order valence-corrected chi connectivity index (χ0v) is 26.3. The van der Waals surface area contributed by atoms with Crippen LogP contribution in [0, 0.1) is 12.7 Å². The van der Waals surface area contributed by atoms with E-state index in [1.54, 1.807) is 19.2 Å². The summed E-state index contributed by atoms with van der Waals surface area (Å²) in [6, 6.07) is 25.8. The Morgan fingerprint density at radius 1 is 0.977 bits per heavy atom. The third-order valence-electron chi connectivity index (χ3n) is 8.32. The number of likely N-dealkylation sites (N-methyl/N-ethyl adjacent to an activating group) is 1. The lowest BCUT2D eigenvalue weighted by atomic mass is 9.88. The molecule has 1 saturated heterocycles. The number of amides is 2. The zero-order chi connectivity index (χ0) is 31.4. The molecule has 1 unspecified atom stereocenters. The van der Waals surface area contributed by atoms with Gasteiger partial charge in [0.1, 0.15) is 5.82 Å². The summed E-state index contributed by atoms with van der Waals surface area (Å²) in [5.74, 6) is -0.323. The van der Waals surface area contributed by atoms with Crippen molar-refractivity contribution >= 4 is 40.2 Å². The topological polar surface area (TPSA) is 61.4 Å². The SMILES string of the molecule is CCNc1cc(C)c(/C(C(=O)NC)=C(\C)c2ccc(F)cc2)cc1-c1cccc(C(=O)N2CCC(c3cccc(Cl)c3)C2)c1. The summed E-state index contributed by atoms with van der Waals surface area (Å²) >= 11 is 6.22. The van der Waals surface area contributed by atoms with E-state index in [9.17, 15) is 14.0 Å². The van der Waals surface area contributed by atoms with Crippen molar-refractivity contribution in [2.75, 3.05) is 32.0 Å². The number of nitrogens with zero attached hydrogens (tertiary/aromatic N) is 1. The van der Waals surface area contributed by atoms with Crippen molar-refractivity contribution in [2.45, 2.75) is 33.1 Å². The van der Waals surface area contributed by atoms with Crippen LogP contribution in [0.25, 0.3) is 22.3 Å². The first-order valence-corrected chi connectivity index (χ1v) is 15.3. The van der Waals surface area contributed by atoms with Crippen molar-refractivity contribution in [2.24, 2.45) is 0 Å². The number of hydrogen-bond acceptors (Lipinski definition) is 3. The van der Waals surface area contributed by atoms with Gasteiger partial charge < -0.3 is 15.5 Å². The smallest absolute Gasteiger partial charge is 0.253 e. The maximum atomic E-state index is 13.7. The van der Waals surface area contributed by atoms with E-state index in [-0.39, 0.29) is 23.5 Å². The molecule has 7 heteroatoms. The summed E-state index contributed by atoms with van der Waals surface area (Å²) in [7, 11) is 1.61. The van der Waals surface area contributed by atoms with Crippen LogP contribution in [-0.4, -0.2) is 43.4 Å². The first-order chi connectivity index (χ1) is 21.2. The molecule has 1 aliphatic heterocycles. The number of carbonyl (C=O) groups is 2. The lowest BCUT2D eigenvalue weighted by Crippen LogP contribution is -2.28. The molecule has 2 N–H and O–H groups in total. The number of anilines is 1. The van der Waals surface area contributed by atoms with Gasteiger partial charge in [-0.25, -0.2) is 4.39 Å². The van der Waals surface area contributed by atoms with E-state index in [1.165, 1.54) is 12.1 Å². The second kappa shape index (κ2) is 13.5. The van der Waals surface area contributed by atoms with Gasteiger partial charge in [0.05, 0.1) is 5.57 Å².